The predicted octanol–water partition coefficient (Wildman–Crippen LogP) is 2.94. The minimum Gasteiger partial charge on any atom is -0.478 e. The first-order valence-electron chi connectivity index (χ1n) is 8.00. The number of aromatic carboxylic acids is 1. The van der Waals surface area contributed by atoms with Gasteiger partial charge in [0, 0.05) is 30.4 Å². The highest BCUT2D eigenvalue weighted by Gasteiger charge is 2.19. The summed E-state index contributed by atoms with van der Waals surface area (Å²) in [4.78, 5) is 36.8. The Balaban J connectivity index is 1.81. The van der Waals surface area contributed by atoms with Crippen LogP contribution in [0.25, 0.3) is 0 Å². The molecule has 0 atom stereocenters. The van der Waals surface area contributed by atoms with Crippen LogP contribution in [0.1, 0.15) is 39.1 Å². The molecule has 1 aliphatic rings. The molecule has 1 aliphatic heterocycles. The Morgan fingerprint density at radius 1 is 1.04 bits per heavy atom. The lowest BCUT2D eigenvalue weighted by Gasteiger charge is -2.18. The summed E-state index contributed by atoms with van der Waals surface area (Å²) in [5.74, 6) is -1.31. The molecule has 0 saturated heterocycles. The van der Waals surface area contributed by atoms with E-state index in [0.29, 0.717) is 17.7 Å². The molecule has 0 aromatic heterocycles. The van der Waals surface area contributed by atoms with Crippen molar-refractivity contribution in [3.8, 4) is 0 Å². The SMILES string of the molecule is CN1C(=O)CCCc2ccc(NC(=O)c3ccc(C(=O)O)cc3)cc21. The average Bonchev–Trinajstić information content (AvgIpc) is 2.74. The van der Waals surface area contributed by atoms with E-state index in [1.807, 2.05) is 12.1 Å². The van der Waals surface area contributed by atoms with Crippen LogP contribution in [-0.2, 0) is 11.2 Å². The number of benzene rings is 2. The first-order chi connectivity index (χ1) is 12.0. The van der Waals surface area contributed by atoms with E-state index in [-0.39, 0.29) is 17.4 Å². The molecule has 3 rings (SSSR count). The fourth-order valence-electron chi connectivity index (χ4n) is 2.86. The third-order valence-electron chi connectivity index (χ3n) is 4.31. The number of nitrogens with zero attached hydrogens (tertiary/aromatic N) is 1. The molecule has 1 heterocycles. The van der Waals surface area contributed by atoms with Gasteiger partial charge in [-0.3, -0.25) is 9.59 Å². The van der Waals surface area contributed by atoms with Crippen LogP contribution in [0.4, 0.5) is 11.4 Å². The number of anilines is 2. The number of hydrogen-bond donors (Lipinski definition) is 2. The van der Waals surface area contributed by atoms with Crippen LogP contribution in [0, 0.1) is 0 Å². The highest BCUT2D eigenvalue weighted by atomic mass is 16.4. The van der Waals surface area contributed by atoms with Gasteiger partial charge in [-0.15, -0.1) is 0 Å². The average molecular weight is 338 g/mol. The van der Waals surface area contributed by atoms with Gasteiger partial charge < -0.3 is 15.3 Å². The third kappa shape index (κ3) is 3.52. The number of aryl methyl sites for hydroxylation is 1. The van der Waals surface area contributed by atoms with E-state index in [1.165, 1.54) is 24.3 Å². The van der Waals surface area contributed by atoms with Gasteiger partial charge in [-0.05, 0) is 54.8 Å². The highest BCUT2D eigenvalue weighted by Crippen LogP contribution is 2.29. The van der Waals surface area contributed by atoms with Crippen molar-refractivity contribution < 1.29 is 19.5 Å². The van der Waals surface area contributed by atoms with Crippen LogP contribution in [0.3, 0.4) is 0 Å². The molecule has 0 unspecified atom stereocenters. The van der Waals surface area contributed by atoms with Gasteiger partial charge in [-0.25, -0.2) is 4.79 Å². The summed E-state index contributed by atoms with van der Waals surface area (Å²) in [6.07, 6.45) is 2.16. The number of amides is 2. The van der Waals surface area contributed by atoms with E-state index in [0.717, 1.165) is 24.1 Å². The van der Waals surface area contributed by atoms with Crippen LogP contribution < -0.4 is 10.2 Å². The number of carbonyl (C=O) groups is 3. The van der Waals surface area contributed by atoms with Gasteiger partial charge in [0.1, 0.15) is 0 Å². The Hall–Kier alpha value is -3.15. The van der Waals surface area contributed by atoms with Gasteiger partial charge in [0.15, 0.2) is 0 Å². The first kappa shape index (κ1) is 16.7. The maximum Gasteiger partial charge on any atom is 0.335 e. The molecule has 0 fully saturated rings. The van der Waals surface area contributed by atoms with Crippen LogP contribution >= 0.6 is 0 Å². The van der Waals surface area contributed by atoms with E-state index in [2.05, 4.69) is 5.32 Å². The normalized spacial score (nSPS) is 13.8. The van der Waals surface area contributed by atoms with Gasteiger partial charge >= 0.3 is 5.97 Å². The topological polar surface area (TPSA) is 86.7 Å². The number of carboxylic acid groups (broad SMARTS) is 1. The molecule has 0 saturated carbocycles. The maximum atomic E-state index is 12.3. The lowest BCUT2D eigenvalue weighted by molar-refractivity contribution is -0.118. The zero-order chi connectivity index (χ0) is 18.0. The van der Waals surface area contributed by atoms with Gasteiger partial charge in [-0.2, -0.15) is 0 Å². The molecule has 0 radical (unpaired) electrons. The van der Waals surface area contributed by atoms with E-state index in [1.54, 1.807) is 18.0 Å². The summed E-state index contributed by atoms with van der Waals surface area (Å²) >= 11 is 0. The monoisotopic (exact) mass is 338 g/mol. The van der Waals surface area contributed by atoms with Crippen molar-refractivity contribution in [2.24, 2.45) is 0 Å². The van der Waals surface area contributed by atoms with Crippen molar-refractivity contribution in [3.63, 3.8) is 0 Å². The Labute approximate surface area is 145 Å². The molecule has 0 aliphatic carbocycles. The Bertz CT molecular complexity index is 843. The van der Waals surface area contributed by atoms with Crippen LogP contribution in [0.2, 0.25) is 0 Å². The van der Waals surface area contributed by atoms with Gasteiger partial charge in [0.2, 0.25) is 5.91 Å². The number of nitrogens with one attached hydrogen (secondary N) is 1. The fourth-order valence-corrected chi connectivity index (χ4v) is 2.86. The zero-order valence-electron chi connectivity index (χ0n) is 13.8. The van der Waals surface area contributed by atoms with Crippen molar-refractivity contribution in [2.75, 3.05) is 17.3 Å². The van der Waals surface area contributed by atoms with E-state index in [4.69, 9.17) is 5.11 Å². The summed E-state index contributed by atoms with van der Waals surface area (Å²) in [7, 11) is 1.74. The maximum absolute atomic E-state index is 12.3. The van der Waals surface area contributed by atoms with Gasteiger partial charge in [0.25, 0.3) is 5.91 Å². The van der Waals surface area contributed by atoms with Crippen molar-refractivity contribution >= 4 is 29.2 Å². The summed E-state index contributed by atoms with van der Waals surface area (Å²) in [6, 6.07) is 11.2. The molecule has 2 aromatic carbocycles. The molecule has 2 aromatic rings. The number of rotatable bonds is 3. The second-order valence-corrected chi connectivity index (χ2v) is 5.99. The molecule has 2 N–H and O–H groups in total. The molecule has 2 amide bonds. The van der Waals surface area contributed by atoms with Crippen molar-refractivity contribution in [1.82, 2.24) is 0 Å². The smallest absolute Gasteiger partial charge is 0.335 e. The molecule has 6 heteroatoms. The second kappa shape index (κ2) is 6.76. The fraction of sp³-hybridized carbons (Fsp3) is 0.211. The molecule has 25 heavy (non-hydrogen) atoms. The van der Waals surface area contributed by atoms with Crippen LogP contribution in [0.15, 0.2) is 42.5 Å². The molecule has 0 bridgehead atoms. The summed E-state index contributed by atoms with van der Waals surface area (Å²) in [5.41, 5.74) is 2.97. The lowest BCUT2D eigenvalue weighted by Crippen LogP contribution is -2.25. The first-order valence-corrected chi connectivity index (χ1v) is 8.00. The van der Waals surface area contributed by atoms with E-state index < -0.39 is 5.97 Å². The van der Waals surface area contributed by atoms with Crippen molar-refractivity contribution in [1.29, 1.82) is 0 Å². The lowest BCUT2D eigenvalue weighted by atomic mass is 10.1. The minimum atomic E-state index is -1.04. The third-order valence-corrected chi connectivity index (χ3v) is 4.31. The molecular weight excluding hydrogens is 320 g/mol. The van der Waals surface area contributed by atoms with Crippen molar-refractivity contribution in [2.45, 2.75) is 19.3 Å². The Morgan fingerprint density at radius 3 is 2.40 bits per heavy atom. The molecule has 0 spiro atoms. The van der Waals surface area contributed by atoms with Crippen LogP contribution in [0.5, 0.6) is 0 Å². The standard InChI is InChI=1S/C19H18N2O4/c1-21-16-11-15(10-9-12(16)3-2-4-17(21)22)20-18(23)13-5-7-14(8-6-13)19(24)25/h5-11H,2-4H2,1H3,(H,20,23)(H,24,25). The summed E-state index contributed by atoms with van der Waals surface area (Å²) in [6.45, 7) is 0. The van der Waals surface area contributed by atoms with Gasteiger partial charge in [0.05, 0.1) is 5.56 Å². The van der Waals surface area contributed by atoms with Crippen molar-refractivity contribution in [3.05, 3.63) is 59.2 Å². The zero-order valence-corrected chi connectivity index (χ0v) is 13.8. The Morgan fingerprint density at radius 2 is 1.72 bits per heavy atom. The highest BCUT2D eigenvalue weighted by molar-refractivity contribution is 6.05. The Kier molecular flexibility index (Phi) is 4.52. The van der Waals surface area contributed by atoms with E-state index in [9.17, 15) is 14.4 Å². The van der Waals surface area contributed by atoms with E-state index >= 15 is 0 Å². The molecular formula is C19H18N2O4. The summed E-state index contributed by atoms with van der Waals surface area (Å²) < 4.78 is 0. The number of hydrogen-bond acceptors (Lipinski definition) is 3. The van der Waals surface area contributed by atoms with Crippen LogP contribution in [-0.4, -0.2) is 29.9 Å². The number of carboxylic acids is 1. The number of fused-ring (bicyclic) bond motifs is 1. The minimum absolute atomic E-state index is 0.0616. The summed E-state index contributed by atoms with van der Waals surface area (Å²) in [5, 5.41) is 11.7. The van der Waals surface area contributed by atoms with Gasteiger partial charge in [-0.1, -0.05) is 6.07 Å². The molecule has 128 valence electrons. The number of carbonyl (C=O) groups excluding carboxylic acids is 2. The molecule has 6 nitrogen and oxygen atoms in total. The second-order valence-electron chi connectivity index (χ2n) is 5.99. The quantitative estimate of drug-likeness (QED) is 0.901. The predicted molar refractivity (Wildman–Crippen MR) is 94.1 cm³/mol. The largest absolute Gasteiger partial charge is 0.478 e.